The summed E-state index contributed by atoms with van der Waals surface area (Å²) in [5, 5.41) is 12.5. The average Bonchev–Trinajstić information content (AvgIpc) is 2.84. The molecule has 1 aliphatic heterocycles. The summed E-state index contributed by atoms with van der Waals surface area (Å²) >= 11 is 1.47. The zero-order chi connectivity index (χ0) is 20.1. The molecule has 2 aromatic carbocycles. The van der Waals surface area contributed by atoms with Crippen molar-refractivity contribution in [3.8, 4) is 5.75 Å². The Balaban J connectivity index is 0.00000300. The second kappa shape index (κ2) is 10.7. The molecule has 1 N–H and O–H groups in total. The van der Waals surface area contributed by atoms with Gasteiger partial charge >= 0.3 is 0 Å². The minimum absolute atomic E-state index is 0. The van der Waals surface area contributed by atoms with Crippen molar-refractivity contribution in [1.82, 2.24) is 9.80 Å². The predicted molar refractivity (Wildman–Crippen MR) is 121 cm³/mol. The van der Waals surface area contributed by atoms with Gasteiger partial charge in [0.1, 0.15) is 11.9 Å². The number of halogens is 1. The first-order valence-corrected chi connectivity index (χ1v) is 10.1. The molecule has 2 aromatic rings. The minimum Gasteiger partial charge on any atom is -0.497 e. The van der Waals surface area contributed by atoms with Crippen LogP contribution in [-0.2, 0) is 4.79 Å². The SMILES string of the molecule is COc1ccc([C@@H]2SC=C(c3ccccc3)N(CCN(C)C)C(=O)[C@@H]2O)cc1.Cl. The van der Waals surface area contributed by atoms with Crippen LogP contribution < -0.4 is 4.74 Å². The Hall–Kier alpha value is -1.99. The Morgan fingerprint density at radius 2 is 1.76 bits per heavy atom. The number of carbonyl (C=O) groups is 1. The first kappa shape index (κ1) is 23.3. The topological polar surface area (TPSA) is 53.0 Å². The Morgan fingerprint density at radius 1 is 1.10 bits per heavy atom. The van der Waals surface area contributed by atoms with Crippen LogP contribution in [0.5, 0.6) is 5.75 Å². The summed E-state index contributed by atoms with van der Waals surface area (Å²) in [6, 6.07) is 17.3. The Bertz CT molecular complexity index is 828. The highest BCUT2D eigenvalue weighted by atomic mass is 35.5. The Morgan fingerprint density at radius 3 is 2.34 bits per heavy atom. The second-order valence-electron chi connectivity index (χ2n) is 6.94. The number of ether oxygens (including phenoxy) is 1. The van der Waals surface area contributed by atoms with Gasteiger partial charge in [-0.15, -0.1) is 24.2 Å². The van der Waals surface area contributed by atoms with Crippen LogP contribution in [0.25, 0.3) is 5.70 Å². The van der Waals surface area contributed by atoms with Gasteiger partial charge in [-0.3, -0.25) is 4.79 Å². The standard InChI is InChI=1S/C22H26N2O3S.ClH/c1-23(2)13-14-24-19(16-7-5-4-6-8-16)15-28-21(20(25)22(24)26)17-9-11-18(27-3)12-10-17;/h4-12,15,20-21,25H,13-14H2,1-3H3;1H/t20-,21+;/m1./s1. The van der Waals surface area contributed by atoms with Gasteiger partial charge in [-0.05, 0) is 42.8 Å². The molecule has 1 heterocycles. The van der Waals surface area contributed by atoms with Crippen LogP contribution in [-0.4, -0.2) is 61.2 Å². The van der Waals surface area contributed by atoms with Crippen molar-refractivity contribution < 1.29 is 14.6 Å². The molecular formula is C22H27ClN2O3S. The lowest BCUT2D eigenvalue weighted by atomic mass is 10.0. The molecule has 156 valence electrons. The third-order valence-electron chi connectivity index (χ3n) is 4.71. The zero-order valence-corrected chi connectivity index (χ0v) is 18.5. The van der Waals surface area contributed by atoms with Gasteiger partial charge in [-0.25, -0.2) is 0 Å². The largest absolute Gasteiger partial charge is 0.497 e. The average molecular weight is 435 g/mol. The predicted octanol–water partition coefficient (Wildman–Crippen LogP) is 3.65. The smallest absolute Gasteiger partial charge is 0.257 e. The van der Waals surface area contributed by atoms with E-state index in [9.17, 15) is 9.90 Å². The number of methoxy groups -OCH3 is 1. The molecule has 5 nitrogen and oxygen atoms in total. The van der Waals surface area contributed by atoms with E-state index in [4.69, 9.17) is 4.74 Å². The van der Waals surface area contributed by atoms with Crippen molar-refractivity contribution in [1.29, 1.82) is 0 Å². The molecule has 29 heavy (non-hydrogen) atoms. The fraction of sp³-hybridized carbons (Fsp3) is 0.318. The molecule has 0 saturated carbocycles. The first-order valence-electron chi connectivity index (χ1n) is 9.20. The molecular weight excluding hydrogens is 408 g/mol. The molecule has 0 radical (unpaired) electrons. The number of aliphatic hydroxyl groups is 1. The summed E-state index contributed by atoms with van der Waals surface area (Å²) in [6.45, 7) is 1.22. The molecule has 3 rings (SSSR count). The molecule has 0 saturated heterocycles. The van der Waals surface area contributed by atoms with Crippen molar-refractivity contribution in [2.45, 2.75) is 11.4 Å². The summed E-state index contributed by atoms with van der Waals surface area (Å²) in [6.07, 6.45) is -1.13. The minimum atomic E-state index is -1.13. The number of hydrogen-bond donors (Lipinski definition) is 1. The lowest BCUT2D eigenvalue weighted by Crippen LogP contribution is -2.42. The number of benzene rings is 2. The number of likely N-dealkylation sites (N-methyl/N-ethyl adjacent to an activating group) is 1. The van der Waals surface area contributed by atoms with Gasteiger partial charge in [0.25, 0.3) is 5.91 Å². The maximum atomic E-state index is 13.2. The number of nitrogens with zero attached hydrogens (tertiary/aromatic N) is 2. The van der Waals surface area contributed by atoms with Gasteiger partial charge in [0.2, 0.25) is 0 Å². The number of amides is 1. The molecule has 0 aliphatic carbocycles. The maximum absolute atomic E-state index is 13.2. The molecule has 0 aromatic heterocycles. The van der Waals surface area contributed by atoms with Gasteiger partial charge in [-0.2, -0.15) is 0 Å². The third-order valence-corrected chi connectivity index (χ3v) is 5.89. The van der Waals surface area contributed by atoms with Gasteiger partial charge in [0.05, 0.1) is 18.1 Å². The van der Waals surface area contributed by atoms with Gasteiger partial charge in [-0.1, -0.05) is 42.5 Å². The van der Waals surface area contributed by atoms with E-state index in [1.165, 1.54) is 11.8 Å². The lowest BCUT2D eigenvalue weighted by Gasteiger charge is -2.28. The Labute approximate surface area is 182 Å². The Kier molecular flexibility index (Phi) is 8.59. The van der Waals surface area contributed by atoms with Crippen LogP contribution in [0.1, 0.15) is 16.4 Å². The van der Waals surface area contributed by atoms with E-state index in [1.54, 1.807) is 12.0 Å². The van der Waals surface area contributed by atoms with Crippen molar-refractivity contribution in [3.63, 3.8) is 0 Å². The van der Waals surface area contributed by atoms with E-state index in [-0.39, 0.29) is 23.6 Å². The normalized spacial score (nSPS) is 19.4. The van der Waals surface area contributed by atoms with Crippen LogP contribution in [0.2, 0.25) is 0 Å². The molecule has 0 bridgehead atoms. The lowest BCUT2D eigenvalue weighted by molar-refractivity contribution is -0.136. The molecule has 1 aliphatic rings. The van der Waals surface area contributed by atoms with Crippen LogP contribution in [0.15, 0.2) is 60.0 Å². The van der Waals surface area contributed by atoms with E-state index < -0.39 is 6.10 Å². The van der Waals surface area contributed by atoms with Gasteiger partial charge < -0.3 is 19.6 Å². The van der Waals surface area contributed by atoms with Crippen molar-refractivity contribution in [2.24, 2.45) is 0 Å². The quantitative estimate of drug-likeness (QED) is 0.752. The molecule has 2 atom stereocenters. The highest BCUT2D eigenvalue weighted by Gasteiger charge is 2.35. The fourth-order valence-corrected chi connectivity index (χ4v) is 4.22. The summed E-state index contributed by atoms with van der Waals surface area (Å²) in [7, 11) is 5.56. The van der Waals surface area contributed by atoms with Crippen LogP contribution in [0.3, 0.4) is 0 Å². The molecule has 0 unspecified atom stereocenters. The molecule has 0 spiro atoms. The third kappa shape index (κ3) is 5.54. The van der Waals surface area contributed by atoms with Gasteiger partial charge in [0, 0.05) is 13.1 Å². The van der Waals surface area contributed by atoms with Crippen molar-refractivity contribution >= 4 is 35.8 Å². The monoisotopic (exact) mass is 434 g/mol. The highest BCUT2D eigenvalue weighted by molar-refractivity contribution is 8.02. The summed E-state index contributed by atoms with van der Waals surface area (Å²) in [4.78, 5) is 17.0. The van der Waals surface area contributed by atoms with E-state index in [0.717, 1.165) is 22.6 Å². The maximum Gasteiger partial charge on any atom is 0.257 e. The van der Waals surface area contributed by atoms with Crippen LogP contribution >= 0.6 is 24.2 Å². The van der Waals surface area contributed by atoms with Crippen molar-refractivity contribution in [3.05, 3.63) is 71.1 Å². The fourth-order valence-electron chi connectivity index (χ4n) is 3.10. The highest BCUT2D eigenvalue weighted by Crippen LogP contribution is 2.40. The van der Waals surface area contributed by atoms with Gasteiger partial charge in [0.15, 0.2) is 0 Å². The summed E-state index contributed by atoms with van der Waals surface area (Å²) < 4.78 is 5.21. The number of rotatable bonds is 6. The van der Waals surface area contributed by atoms with E-state index in [1.807, 2.05) is 79.0 Å². The van der Waals surface area contributed by atoms with E-state index in [0.29, 0.717) is 13.1 Å². The van der Waals surface area contributed by atoms with Crippen LogP contribution in [0.4, 0.5) is 0 Å². The summed E-state index contributed by atoms with van der Waals surface area (Å²) in [5.41, 5.74) is 2.68. The zero-order valence-electron chi connectivity index (χ0n) is 16.8. The number of hydrogen-bond acceptors (Lipinski definition) is 5. The second-order valence-corrected chi connectivity index (χ2v) is 7.95. The van der Waals surface area contributed by atoms with Crippen molar-refractivity contribution in [2.75, 3.05) is 34.3 Å². The number of aliphatic hydroxyl groups excluding tert-OH is 1. The van der Waals surface area contributed by atoms with Crippen LogP contribution in [0, 0.1) is 0 Å². The number of thioether (sulfide) groups is 1. The first-order chi connectivity index (χ1) is 13.5. The molecule has 1 amide bonds. The number of carbonyl (C=O) groups excluding carboxylic acids is 1. The van der Waals surface area contributed by atoms with E-state index in [2.05, 4.69) is 0 Å². The summed E-state index contributed by atoms with van der Waals surface area (Å²) in [5.74, 6) is 0.471. The molecule has 7 heteroatoms. The molecule has 0 fully saturated rings. The van der Waals surface area contributed by atoms with E-state index >= 15 is 0 Å².